The third-order valence-corrected chi connectivity index (χ3v) is 5.15. The van der Waals surface area contributed by atoms with Crippen LogP contribution in [0, 0.1) is 5.41 Å². The second-order valence-electron chi connectivity index (χ2n) is 6.80. The Morgan fingerprint density at radius 2 is 1.79 bits per heavy atom. The van der Waals surface area contributed by atoms with Gasteiger partial charge in [-0.1, -0.05) is 44.2 Å². The number of nitrogens with one attached hydrogen (secondary N) is 2. The SMILES string of the molecule is CC.COc1cccc2c1C(c1ccc(C(=N)N)cc1)=CC1(CCNCC1)O2. The van der Waals surface area contributed by atoms with Crippen LogP contribution in [0.2, 0.25) is 0 Å². The second-order valence-corrected chi connectivity index (χ2v) is 6.80. The summed E-state index contributed by atoms with van der Waals surface area (Å²) in [7, 11) is 1.68. The van der Waals surface area contributed by atoms with Crippen molar-refractivity contribution in [3.63, 3.8) is 0 Å². The van der Waals surface area contributed by atoms with Crippen LogP contribution in [-0.4, -0.2) is 31.6 Å². The Morgan fingerprint density at radius 3 is 2.39 bits per heavy atom. The van der Waals surface area contributed by atoms with Gasteiger partial charge in [-0.2, -0.15) is 0 Å². The van der Waals surface area contributed by atoms with E-state index in [-0.39, 0.29) is 11.4 Å². The molecule has 2 aromatic carbocycles. The van der Waals surface area contributed by atoms with Crippen LogP contribution in [0.3, 0.4) is 0 Å². The lowest BCUT2D eigenvalue weighted by atomic mass is 9.83. The number of hydrogen-bond acceptors (Lipinski definition) is 4. The minimum Gasteiger partial charge on any atom is -0.496 e. The molecule has 0 aliphatic carbocycles. The highest BCUT2D eigenvalue weighted by molar-refractivity contribution is 5.96. The van der Waals surface area contributed by atoms with Gasteiger partial charge in [0.1, 0.15) is 22.9 Å². The molecule has 4 rings (SSSR count). The molecule has 1 spiro atoms. The van der Waals surface area contributed by atoms with Gasteiger partial charge in [-0.3, -0.25) is 5.41 Å². The van der Waals surface area contributed by atoms with Crippen molar-refractivity contribution in [1.82, 2.24) is 5.32 Å². The summed E-state index contributed by atoms with van der Waals surface area (Å²) in [5.74, 6) is 1.73. The summed E-state index contributed by atoms with van der Waals surface area (Å²) in [6, 6.07) is 13.7. The number of methoxy groups -OCH3 is 1. The maximum atomic E-state index is 7.60. The summed E-state index contributed by atoms with van der Waals surface area (Å²) < 4.78 is 12.1. The first-order chi connectivity index (χ1) is 13.6. The third kappa shape index (κ3) is 3.76. The summed E-state index contributed by atoms with van der Waals surface area (Å²) in [6.45, 7) is 5.87. The lowest BCUT2D eigenvalue weighted by Crippen LogP contribution is -2.46. The van der Waals surface area contributed by atoms with Gasteiger partial charge in [0.2, 0.25) is 0 Å². The van der Waals surface area contributed by atoms with Gasteiger partial charge in [0.15, 0.2) is 0 Å². The second kappa shape index (κ2) is 8.48. The number of ether oxygens (including phenoxy) is 2. The first kappa shape index (κ1) is 20.0. The summed E-state index contributed by atoms with van der Waals surface area (Å²) in [6.07, 6.45) is 4.11. The zero-order chi connectivity index (χ0) is 20.1. The largest absolute Gasteiger partial charge is 0.496 e. The van der Waals surface area contributed by atoms with E-state index in [1.165, 1.54) is 0 Å². The van der Waals surface area contributed by atoms with Gasteiger partial charge >= 0.3 is 0 Å². The molecule has 148 valence electrons. The molecule has 1 saturated heterocycles. The Labute approximate surface area is 167 Å². The van der Waals surface area contributed by atoms with Crippen LogP contribution in [0.15, 0.2) is 48.5 Å². The maximum absolute atomic E-state index is 7.60. The van der Waals surface area contributed by atoms with Gasteiger partial charge in [0.25, 0.3) is 0 Å². The number of nitrogens with two attached hydrogens (primary N) is 1. The molecule has 5 heteroatoms. The molecule has 0 aromatic heterocycles. The molecule has 0 amide bonds. The van der Waals surface area contributed by atoms with Crippen molar-refractivity contribution in [2.75, 3.05) is 20.2 Å². The van der Waals surface area contributed by atoms with Crippen molar-refractivity contribution >= 4 is 11.4 Å². The predicted octanol–water partition coefficient (Wildman–Crippen LogP) is 3.95. The average Bonchev–Trinajstić information content (AvgIpc) is 2.74. The summed E-state index contributed by atoms with van der Waals surface area (Å²) in [5, 5.41) is 11.0. The zero-order valence-electron chi connectivity index (χ0n) is 16.8. The molecule has 4 N–H and O–H groups in total. The minimum absolute atomic E-state index is 0.0744. The van der Waals surface area contributed by atoms with Gasteiger partial charge in [-0.05, 0) is 42.4 Å². The number of benzene rings is 2. The molecule has 2 aliphatic heterocycles. The monoisotopic (exact) mass is 379 g/mol. The highest BCUT2D eigenvalue weighted by Gasteiger charge is 2.38. The van der Waals surface area contributed by atoms with E-state index in [1.807, 2.05) is 56.3 Å². The number of nitrogen functional groups attached to an aromatic ring is 1. The fraction of sp³-hybridized carbons (Fsp3) is 0.348. The Kier molecular flexibility index (Phi) is 6.05. The molecule has 5 nitrogen and oxygen atoms in total. The molecular formula is C23H29N3O2. The van der Waals surface area contributed by atoms with Crippen molar-refractivity contribution in [2.24, 2.45) is 5.73 Å². The van der Waals surface area contributed by atoms with Gasteiger partial charge in [0, 0.05) is 18.4 Å². The summed E-state index contributed by atoms with van der Waals surface area (Å²) >= 11 is 0. The van der Waals surface area contributed by atoms with Crippen molar-refractivity contribution in [3.8, 4) is 11.5 Å². The van der Waals surface area contributed by atoms with E-state index in [1.54, 1.807) is 7.11 Å². The average molecular weight is 380 g/mol. The van der Waals surface area contributed by atoms with Crippen molar-refractivity contribution < 1.29 is 9.47 Å². The van der Waals surface area contributed by atoms with Crippen molar-refractivity contribution in [2.45, 2.75) is 32.3 Å². The number of hydrogen-bond donors (Lipinski definition) is 3. The Bertz CT molecular complexity index is 866. The van der Waals surface area contributed by atoms with E-state index in [2.05, 4.69) is 11.4 Å². The highest BCUT2D eigenvalue weighted by Crippen LogP contribution is 2.46. The topological polar surface area (TPSA) is 80.4 Å². The molecular weight excluding hydrogens is 350 g/mol. The van der Waals surface area contributed by atoms with Gasteiger partial charge in [-0.15, -0.1) is 0 Å². The van der Waals surface area contributed by atoms with Crippen LogP contribution in [0.4, 0.5) is 0 Å². The van der Waals surface area contributed by atoms with E-state index >= 15 is 0 Å². The predicted molar refractivity (Wildman–Crippen MR) is 114 cm³/mol. The third-order valence-electron chi connectivity index (χ3n) is 5.15. The Balaban J connectivity index is 0.00000109. The maximum Gasteiger partial charge on any atom is 0.132 e. The Hall–Kier alpha value is -2.79. The molecule has 2 aromatic rings. The van der Waals surface area contributed by atoms with E-state index in [0.717, 1.165) is 59.7 Å². The summed E-state index contributed by atoms with van der Waals surface area (Å²) in [4.78, 5) is 0. The van der Waals surface area contributed by atoms with Crippen LogP contribution in [-0.2, 0) is 0 Å². The standard InChI is InChI=1S/C21H23N3O2.C2H6/c1-25-17-3-2-4-18-19(17)16(13-21(26-18)9-11-24-12-10-21)14-5-7-15(8-6-14)20(22)23;1-2/h2-8,13,24H,9-12H2,1H3,(H3,22,23);1-2H3. The first-order valence-electron chi connectivity index (χ1n) is 9.87. The van der Waals surface area contributed by atoms with Crippen molar-refractivity contribution in [3.05, 3.63) is 65.2 Å². The molecule has 0 saturated carbocycles. The molecule has 0 atom stereocenters. The highest BCUT2D eigenvalue weighted by atomic mass is 16.5. The van der Waals surface area contributed by atoms with Gasteiger partial charge in [0.05, 0.1) is 12.7 Å². The lowest BCUT2D eigenvalue weighted by Gasteiger charge is -2.40. The number of fused-ring (bicyclic) bond motifs is 1. The van der Waals surface area contributed by atoms with E-state index in [0.29, 0.717) is 0 Å². The quantitative estimate of drug-likeness (QED) is 0.557. The Morgan fingerprint density at radius 1 is 1.11 bits per heavy atom. The molecule has 1 fully saturated rings. The van der Waals surface area contributed by atoms with Crippen LogP contribution in [0.5, 0.6) is 11.5 Å². The van der Waals surface area contributed by atoms with Crippen LogP contribution >= 0.6 is 0 Å². The molecule has 0 radical (unpaired) electrons. The zero-order valence-corrected chi connectivity index (χ0v) is 16.8. The van der Waals surface area contributed by atoms with Crippen LogP contribution < -0.4 is 20.5 Å². The van der Waals surface area contributed by atoms with Gasteiger partial charge < -0.3 is 20.5 Å². The van der Waals surface area contributed by atoms with Crippen LogP contribution in [0.25, 0.3) is 5.57 Å². The van der Waals surface area contributed by atoms with E-state index in [4.69, 9.17) is 20.6 Å². The summed E-state index contributed by atoms with van der Waals surface area (Å²) in [5.41, 5.74) is 9.19. The van der Waals surface area contributed by atoms with E-state index in [9.17, 15) is 0 Å². The lowest BCUT2D eigenvalue weighted by molar-refractivity contribution is 0.0813. The van der Waals surface area contributed by atoms with Gasteiger partial charge in [-0.25, -0.2) is 0 Å². The number of amidine groups is 1. The molecule has 2 heterocycles. The fourth-order valence-corrected chi connectivity index (χ4v) is 3.77. The molecule has 28 heavy (non-hydrogen) atoms. The smallest absolute Gasteiger partial charge is 0.132 e. The van der Waals surface area contributed by atoms with Crippen LogP contribution in [0.1, 0.15) is 43.4 Å². The normalized spacial score (nSPS) is 16.8. The molecule has 2 aliphatic rings. The molecule has 0 unspecified atom stereocenters. The fourth-order valence-electron chi connectivity index (χ4n) is 3.77. The number of rotatable bonds is 3. The molecule has 0 bridgehead atoms. The minimum atomic E-state index is -0.292. The first-order valence-corrected chi connectivity index (χ1v) is 9.87. The number of piperidine rings is 1. The van der Waals surface area contributed by atoms with E-state index < -0.39 is 0 Å². The van der Waals surface area contributed by atoms with Crippen molar-refractivity contribution in [1.29, 1.82) is 5.41 Å².